The molecule has 1 atom stereocenters. The number of non-ortho nitro benzene ring substituents is 1. The van der Waals surface area contributed by atoms with Crippen molar-refractivity contribution in [1.82, 2.24) is 14.8 Å². The standard InChI is InChI=1S/C21H15Cl2N5O3/c22-14-9-6-12(10-15(14)23)19-18-16(2-1-3-17(18)29)24-21-25-20(26-27(19)21)11-4-7-13(8-5-11)28(30)31/h4-10,19H,1-3H2,(H,24,25,26). The number of benzene rings is 2. The zero-order chi connectivity index (χ0) is 21.7. The topological polar surface area (TPSA) is 103 Å². The first-order chi connectivity index (χ1) is 14.9. The summed E-state index contributed by atoms with van der Waals surface area (Å²) in [5, 5.41) is 19.6. The van der Waals surface area contributed by atoms with Crippen molar-refractivity contribution in [3.8, 4) is 11.4 Å². The average Bonchev–Trinajstić information content (AvgIpc) is 3.18. The van der Waals surface area contributed by atoms with Crippen molar-refractivity contribution in [1.29, 1.82) is 0 Å². The van der Waals surface area contributed by atoms with Crippen LogP contribution in [-0.2, 0) is 4.79 Å². The van der Waals surface area contributed by atoms with Crippen LogP contribution in [0.1, 0.15) is 30.9 Å². The van der Waals surface area contributed by atoms with Crippen LogP contribution < -0.4 is 5.32 Å². The zero-order valence-corrected chi connectivity index (χ0v) is 17.5. The van der Waals surface area contributed by atoms with E-state index in [0.29, 0.717) is 39.4 Å². The van der Waals surface area contributed by atoms with Gasteiger partial charge in [-0.05, 0) is 42.7 Å². The Morgan fingerprint density at radius 1 is 1.10 bits per heavy atom. The van der Waals surface area contributed by atoms with Crippen LogP contribution >= 0.6 is 23.2 Å². The predicted molar refractivity (Wildman–Crippen MR) is 116 cm³/mol. The molecule has 3 aromatic rings. The summed E-state index contributed by atoms with van der Waals surface area (Å²) in [7, 11) is 0. The highest BCUT2D eigenvalue weighted by Gasteiger charge is 2.37. The number of fused-ring (bicyclic) bond motifs is 1. The van der Waals surface area contributed by atoms with E-state index in [-0.39, 0.29) is 11.5 Å². The van der Waals surface area contributed by atoms with E-state index in [0.717, 1.165) is 24.1 Å². The molecular formula is C21H15Cl2N5O3. The number of Topliss-reactive ketones (excluding diaryl/α,β-unsaturated/α-hetero) is 1. The summed E-state index contributed by atoms with van der Waals surface area (Å²) in [4.78, 5) is 27.9. The molecule has 0 amide bonds. The molecule has 1 unspecified atom stereocenters. The van der Waals surface area contributed by atoms with Crippen LogP contribution in [0.5, 0.6) is 0 Å². The largest absolute Gasteiger partial charge is 0.328 e. The first kappa shape index (κ1) is 19.7. The molecule has 10 heteroatoms. The number of anilines is 1. The fraction of sp³-hybridized carbons (Fsp3) is 0.190. The third-order valence-electron chi connectivity index (χ3n) is 5.46. The molecule has 156 valence electrons. The maximum absolute atomic E-state index is 12.9. The highest BCUT2D eigenvalue weighted by molar-refractivity contribution is 6.42. The molecule has 1 aliphatic heterocycles. The Morgan fingerprint density at radius 2 is 1.87 bits per heavy atom. The molecule has 5 rings (SSSR count). The number of nitrogens with zero attached hydrogens (tertiary/aromatic N) is 4. The first-order valence-corrected chi connectivity index (χ1v) is 10.4. The molecule has 0 saturated carbocycles. The van der Waals surface area contributed by atoms with Crippen LogP contribution in [0.3, 0.4) is 0 Å². The summed E-state index contributed by atoms with van der Waals surface area (Å²) in [5.74, 6) is 0.954. The number of allylic oxidation sites excluding steroid dienone is 2. The summed E-state index contributed by atoms with van der Waals surface area (Å²) in [6.45, 7) is 0. The Hall–Kier alpha value is -3.23. The smallest absolute Gasteiger partial charge is 0.269 e. The third-order valence-corrected chi connectivity index (χ3v) is 6.20. The molecule has 0 fully saturated rings. The van der Waals surface area contributed by atoms with E-state index in [1.165, 1.54) is 12.1 Å². The van der Waals surface area contributed by atoms with Crippen LogP contribution in [0.15, 0.2) is 53.7 Å². The minimum Gasteiger partial charge on any atom is -0.328 e. The second-order valence-corrected chi connectivity index (χ2v) is 8.19. The van der Waals surface area contributed by atoms with Gasteiger partial charge in [0.15, 0.2) is 11.6 Å². The molecule has 1 aromatic heterocycles. The molecule has 0 saturated heterocycles. The Balaban J connectivity index is 1.64. The van der Waals surface area contributed by atoms with Gasteiger partial charge in [0, 0.05) is 35.4 Å². The highest BCUT2D eigenvalue weighted by atomic mass is 35.5. The molecule has 0 radical (unpaired) electrons. The minimum absolute atomic E-state index is 0.0118. The van der Waals surface area contributed by atoms with Gasteiger partial charge in [-0.2, -0.15) is 4.98 Å². The molecule has 2 aromatic carbocycles. The van der Waals surface area contributed by atoms with Crippen LogP contribution in [0.4, 0.5) is 11.6 Å². The van der Waals surface area contributed by atoms with Gasteiger partial charge in [-0.15, -0.1) is 5.10 Å². The number of nitrogens with one attached hydrogen (secondary N) is 1. The lowest BCUT2D eigenvalue weighted by molar-refractivity contribution is -0.384. The molecular weight excluding hydrogens is 441 g/mol. The van der Waals surface area contributed by atoms with Crippen molar-refractivity contribution in [2.45, 2.75) is 25.3 Å². The number of halogens is 2. The van der Waals surface area contributed by atoms with Gasteiger partial charge >= 0.3 is 0 Å². The number of ketones is 1. The maximum atomic E-state index is 12.9. The highest BCUT2D eigenvalue weighted by Crippen LogP contribution is 2.41. The van der Waals surface area contributed by atoms with Gasteiger partial charge in [0.05, 0.1) is 15.0 Å². The molecule has 1 N–H and O–H groups in total. The fourth-order valence-electron chi connectivity index (χ4n) is 4.00. The quantitative estimate of drug-likeness (QED) is 0.430. The average molecular weight is 456 g/mol. The number of nitro groups is 1. The zero-order valence-electron chi connectivity index (χ0n) is 16.0. The van der Waals surface area contributed by atoms with Gasteiger partial charge in [-0.25, -0.2) is 4.68 Å². The Kier molecular flexibility index (Phi) is 4.75. The number of nitro benzene ring substituents is 1. The third kappa shape index (κ3) is 3.37. The van der Waals surface area contributed by atoms with Crippen molar-refractivity contribution in [2.24, 2.45) is 0 Å². The van der Waals surface area contributed by atoms with E-state index in [4.69, 9.17) is 23.2 Å². The number of rotatable bonds is 3. The summed E-state index contributed by atoms with van der Waals surface area (Å²) >= 11 is 12.4. The summed E-state index contributed by atoms with van der Waals surface area (Å²) < 4.78 is 1.67. The minimum atomic E-state index is -0.492. The number of hydrogen-bond donors (Lipinski definition) is 1. The van der Waals surface area contributed by atoms with Gasteiger partial charge < -0.3 is 5.32 Å². The van der Waals surface area contributed by atoms with E-state index < -0.39 is 11.0 Å². The summed E-state index contributed by atoms with van der Waals surface area (Å²) in [6.07, 6.45) is 1.97. The molecule has 0 spiro atoms. The first-order valence-electron chi connectivity index (χ1n) is 9.62. The van der Waals surface area contributed by atoms with Crippen molar-refractivity contribution >= 4 is 40.6 Å². The van der Waals surface area contributed by atoms with E-state index in [9.17, 15) is 14.9 Å². The van der Waals surface area contributed by atoms with Crippen LogP contribution in [0.25, 0.3) is 11.4 Å². The van der Waals surface area contributed by atoms with E-state index >= 15 is 0 Å². The van der Waals surface area contributed by atoms with Gasteiger partial charge in [-0.3, -0.25) is 14.9 Å². The second kappa shape index (κ2) is 7.47. The molecule has 2 aliphatic rings. The normalized spacial score (nSPS) is 17.7. The lowest BCUT2D eigenvalue weighted by atomic mass is 9.85. The Labute approximate surface area is 186 Å². The second-order valence-electron chi connectivity index (χ2n) is 7.38. The van der Waals surface area contributed by atoms with E-state index in [1.54, 1.807) is 28.9 Å². The summed E-state index contributed by atoms with van der Waals surface area (Å²) in [6, 6.07) is 10.8. The monoisotopic (exact) mass is 455 g/mol. The lowest BCUT2D eigenvalue weighted by Gasteiger charge is -2.32. The van der Waals surface area contributed by atoms with Crippen LogP contribution in [0, 0.1) is 10.1 Å². The van der Waals surface area contributed by atoms with Gasteiger partial charge in [0.2, 0.25) is 5.95 Å². The number of carbonyl (C=O) groups is 1. The SMILES string of the molecule is O=C1CCCC2=C1C(c1ccc(Cl)c(Cl)c1)n1nc(-c3ccc([N+](=O)[O-])cc3)nc1N2. The Bertz CT molecular complexity index is 1270. The van der Waals surface area contributed by atoms with Crippen LogP contribution in [-0.4, -0.2) is 25.5 Å². The number of aromatic nitrogens is 3. The van der Waals surface area contributed by atoms with E-state index in [2.05, 4.69) is 15.4 Å². The molecule has 8 nitrogen and oxygen atoms in total. The van der Waals surface area contributed by atoms with Crippen molar-refractivity contribution < 1.29 is 9.72 Å². The molecule has 31 heavy (non-hydrogen) atoms. The molecule has 1 aliphatic carbocycles. The summed E-state index contributed by atoms with van der Waals surface area (Å²) in [5.41, 5.74) is 2.88. The predicted octanol–water partition coefficient (Wildman–Crippen LogP) is 5.18. The van der Waals surface area contributed by atoms with Gasteiger partial charge in [-0.1, -0.05) is 29.3 Å². The van der Waals surface area contributed by atoms with Gasteiger partial charge in [0.25, 0.3) is 5.69 Å². The van der Waals surface area contributed by atoms with Crippen molar-refractivity contribution in [2.75, 3.05) is 5.32 Å². The molecule has 2 heterocycles. The number of hydrogen-bond acceptors (Lipinski definition) is 6. The molecule has 0 bridgehead atoms. The van der Waals surface area contributed by atoms with Crippen molar-refractivity contribution in [3.05, 3.63) is 79.5 Å². The van der Waals surface area contributed by atoms with Gasteiger partial charge in [0.1, 0.15) is 6.04 Å². The fourth-order valence-corrected chi connectivity index (χ4v) is 4.31. The Morgan fingerprint density at radius 3 is 2.58 bits per heavy atom. The van der Waals surface area contributed by atoms with E-state index in [1.807, 2.05) is 6.07 Å². The van der Waals surface area contributed by atoms with Crippen molar-refractivity contribution in [3.63, 3.8) is 0 Å². The lowest BCUT2D eigenvalue weighted by Crippen LogP contribution is -2.31. The maximum Gasteiger partial charge on any atom is 0.269 e. The number of carbonyl (C=O) groups excluding carboxylic acids is 1. The van der Waals surface area contributed by atoms with Crippen LogP contribution in [0.2, 0.25) is 10.0 Å².